The second-order valence-corrected chi connectivity index (χ2v) is 7.21. The topological polar surface area (TPSA) is 36.9 Å². The van der Waals surface area contributed by atoms with Crippen molar-refractivity contribution < 1.29 is 18.8 Å². The average molecular weight is 304 g/mol. The summed E-state index contributed by atoms with van der Waals surface area (Å²) in [6, 6.07) is 8.32. The van der Waals surface area contributed by atoms with Gasteiger partial charge in [-0.15, -0.1) is 0 Å². The van der Waals surface area contributed by atoms with Crippen molar-refractivity contribution in [1.82, 2.24) is 0 Å². The molecule has 4 nitrogen and oxygen atoms in total. The van der Waals surface area contributed by atoms with Gasteiger partial charge in [0, 0.05) is 20.1 Å². The zero-order valence-corrected chi connectivity index (χ0v) is 14.1. The molecule has 5 heteroatoms. The highest BCUT2D eigenvalue weighted by molar-refractivity contribution is 6.62. The molecule has 2 aliphatic rings. The second kappa shape index (κ2) is 5.34. The predicted octanol–water partition coefficient (Wildman–Crippen LogP) is 2.25. The molecule has 0 N–H and O–H groups in total. The van der Waals surface area contributed by atoms with Gasteiger partial charge in [0.15, 0.2) is 0 Å². The van der Waals surface area contributed by atoms with E-state index in [1.165, 1.54) is 0 Å². The molecule has 1 aromatic carbocycles. The Morgan fingerprint density at radius 1 is 1.00 bits per heavy atom. The fourth-order valence-electron chi connectivity index (χ4n) is 2.98. The van der Waals surface area contributed by atoms with E-state index in [0.717, 1.165) is 24.1 Å². The van der Waals surface area contributed by atoms with Crippen LogP contribution in [0.3, 0.4) is 0 Å². The van der Waals surface area contributed by atoms with E-state index in [0.29, 0.717) is 6.61 Å². The summed E-state index contributed by atoms with van der Waals surface area (Å²) >= 11 is 0. The van der Waals surface area contributed by atoms with E-state index in [9.17, 15) is 0 Å². The Bertz CT molecular complexity index is 516. The van der Waals surface area contributed by atoms with Crippen LogP contribution in [-0.2, 0) is 24.4 Å². The lowest BCUT2D eigenvalue weighted by molar-refractivity contribution is -0.0213. The smallest absolute Gasteiger partial charge is 0.399 e. The van der Waals surface area contributed by atoms with Crippen LogP contribution in [0.1, 0.15) is 39.7 Å². The van der Waals surface area contributed by atoms with Gasteiger partial charge in [0.1, 0.15) is 5.60 Å². The summed E-state index contributed by atoms with van der Waals surface area (Å²) in [7, 11) is 1.42. The molecule has 0 aromatic heterocycles. The number of benzene rings is 1. The minimum Gasteiger partial charge on any atom is -0.399 e. The Kier molecular flexibility index (Phi) is 3.88. The number of rotatable bonds is 3. The summed E-state index contributed by atoms with van der Waals surface area (Å²) in [5, 5.41) is 0. The van der Waals surface area contributed by atoms with Crippen LogP contribution in [0.2, 0.25) is 0 Å². The first-order valence-corrected chi connectivity index (χ1v) is 7.89. The van der Waals surface area contributed by atoms with Crippen LogP contribution in [0.4, 0.5) is 0 Å². The molecule has 2 saturated heterocycles. The minimum absolute atomic E-state index is 0.311. The molecule has 120 valence electrons. The molecular weight excluding hydrogens is 279 g/mol. The van der Waals surface area contributed by atoms with Crippen LogP contribution in [0.25, 0.3) is 0 Å². The minimum atomic E-state index is -0.322. The maximum absolute atomic E-state index is 6.09. The summed E-state index contributed by atoms with van der Waals surface area (Å²) in [4.78, 5) is 0. The van der Waals surface area contributed by atoms with Crippen molar-refractivity contribution in [1.29, 1.82) is 0 Å². The fourth-order valence-corrected chi connectivity index (χ4v) is 2.98. The zero-order chi connectivity index (χ0) is 16.0. The van der Waals surface area contributed by atoms with Crippen molar-refractivity contribution in [2.45, 2.75) is 50.9 Å². The van der Waals surface area contributed by atoms with Gasteiger partial charge in [0.2, 0.25) is 0 Å². The second-order valence-electron chi connectivity index (χ2n) is 7.21. The number of ether oxygens (including phenoxy) is 2. The third-order valence-electron chi connectivity index (χ3n) is 5.34. The lowest BCUT2D eigenvalue weighted by Crippen LogP contribution is -2.41. The number of hydrogen-bond donors (Lipinski definition) is 0. The van der Waals surface area contributed by atoms with Gasteiger partial charge in [0.25, 0.3) is 0 Å². The molecule has 0 amide bonds. The molecule has 0 spiro atoms. The molecule has 0 aliphatic carbocycles. The maximum Gasteiger partial charge on any atom is 0.494 e. The van der Waals surface area contributed by atoms with Gasteiger partial charge in [-0.05, 0) is 38.7 Å². The summed E-state index contributed by atoms with van der Waals surface area (Å²) in [5.74, 6) is 0. The van der Waals surface area contributed by atoms with Crippen molar-refractivity contribution in [3.63, 3.8) is 0 Å². The Balaban J connectivity index is 1.81. The molecule has 2 fully saturated rings. The van der Waals surface area contributed by atoms with Crippen LogP contribution in [0, 0.1) is 0 Å². The molecule has 0 bridgehead atoms. The van der Waals surface area contributed by atoms with Crippen LogP contribution in [0.5, 0.6) is 0 Å². The van der Waals surface area contributed by atoms with Crippen molar-refractivity contribution in [2.24, 2.45) is 0 Å². The molecular formula is C17H25BO4. The van der Waals surface area contributed by atoms with Gasteiger partial charge < -0.3 is 18.8 Å². The van der Waals surface area contributed by atoms with Gasteiger partial charge in [0.05, 0.1) is 17.8 Å². The van der Waals surface area contributed by atoms with E-state index in [4.69, 9.17) is 18.8 Å². The van der Waals surface area contributed by atoms with Gasteiger partial charge in [-0.1, -0.05) is 24.3 Å². The van der Waals surface area contributed by atoms with Gasteiger partial charge in [-0.25, -0.2) is 0 Å². The van der Waals surface area contributed by atoms with Crippen molar-refractivity contribution in [2.75, 3.05) is 20.3 Å². The van der Waals surface area contributed by atoms with Gasteiger partial charge in [-0.3, -0.25) is 0 Å². The molecule has 0 unspecified atom stereocenters. The lowest BCUT2D eigenvalue weighted by atomic mass is 9.78. The van der Waals surface area contributed by atoms with E-state index < -0.39 is 0 Å². The first-order valence-electron chi connectivity index (χ1n) is 7.89. The third kappa shape index (κ3) is 2.50. The molecule has 0 saturated carbocycles. The SMILES string of the molecule is CO[C@@]1(c2ccc(B3OC(C)(C)C(C)(C)O3)cc2)CCOC1. The molecule has 2 aliphatic heterocycles. The molecule has 22 heavy (non-hydrogen) atoms. The van der Waals surface area contributed by atoms with Crippen LogP contribution < -0.4 is 5.46 Å². The van der Waals surface area contributed by atoms with E-state index in [1.54, 1.807) is 7.11 Å². The zero-order valence-electron chi connectivity index (χ0n) is 14.1. The standard InChI is InChI=1S/C17H25BO4/c1-15(2)16(3,4)22-18(21-15)14-8-6-13(7-9-14)17(19-5)10-11-20-12-17/h6-9H,10-12H2,1-5H3/t17-/m0/s1. The summed E-state index contributed by atoms with van der Waals surface area (Å²) in [5.41, 5.74) is 1.24. The Labute approximate surface area is 133 Å². The van der Waals surface area contributed by atoms with Crippen molar-refractivity contribution in [3.05, 3.63) is 29.8 Å². The quantitative estimate of drug-likeness (QED) is 0.803. The van der Waals surface area contributed by atoms with Gasteiger partial charge >= 0.3 is 7.12 Å². The number of hydrogen-bond acceptors (Lipinski definition) is 4. The lowest BCUT2D eigenvalue weighted by Gasteiger charge is -2.32. The Hall–Kier alpha value is -0.875. The summed E-state index contributed by atoms with van der Waals surface area (Å²) < 4.78 is 23.4. The summed E-state index contributed by atoms with van der Waals surface area (Å²) in [6.07, 6.45) is 0.888. The first kappa shape index (κ1) is 16.0. The highest BCUT2D eigenvalue weighted by Gasteiger charge is 2.51. The largest absolute Gasteiger partial charge is 0.494 e. The highest BCUT2D eigenvalue weighted by atomic mass is 16.7. The van der Waals surface area contributed by atoms with Crippen LogP contribution in [-0.4, -0.2) is 38.6 Å². The average Bonchev–Trinajstić information content (AvgIpc) is 3.03. The third-order valence-corrected chi connectivity index (χ3v) is 5.34. The predicted molar refractivity (Wildman–Crippen MR) is 86.3 cm³/mol. The monoisotopic (exact) mass is 304 g/mol. The van der Waals surface area contributed by atoms with E-state index in [2.05, 4.69) is 52.0 Å². The molecule has 1 atom stereocenters. The van der Waals surface area contributed by atoms with E-state index in [-0.39, 0.29) is 23.9 Å². The van der Waals surface area contributed by atoms with Crippen molar-refractivity contribution >= 4 is 12.6 Å². The highest BCUT2D eigenvalue weighted by Crippen LogP contribution is 2.37. The Morgan fingerprint density at radius 3 is 2.05 bits per heavy atom. The number of methoxy groups -OCH3 is 1. The summed E-state index contributed by atoms with van der Waals surface area (Å²) in [6.45, 7) is 9.62. The molecule has 2 heterocycles. The molecule has 3 rings (SSSR count). The van der Waals surface area contributed by atoms with E-state index in [1.807, 2.05) is 0 Å². The molecule has 0 radical (unpaired) electrons. The fraction of sp³-hybridized carbons (Fsp3) is 0.647. The Morgan fingerprint density at radius 2 is 1.59 bits per heavy atom. The van der Waals surface area contributed by atoms with E-state index >= 15 is 0 Å². The van der Waals surface area contributed by atoms with Crippen LogP contribution >= 0.6 is 0 Å². The first-order chi connectivity index (χ1) is 10.3. The normalized spacial score (nSPS) is 30.0. The van der Waals surface area contributed by atoms with Crippen molar-refractivity contribution in [3.8, 4) is 0 Å². The van der Waals surface area contributed by atoms with Crippen LogP contribution in [0.15, 0.2) is 24.3 Å². The van der Waals surface area contributed by atoms with Gasteiger partial charge in [-0.2, -0.15) is 0 Å². The molecule has 1 aromatic rings. The maximum atomic E-state index is 6.09.